The molecule has 0 aliphatic heterocycles. The van der Waals surface area contributed by atoms with Crippen LogP contribution in [0, 0.1) is 6.92 Å². The Labute approximate surface area is 187 Å². The first kappa shape index (κ1) is 20.6. The Kier molecular flexibility index (Phi) is 5.64. The van der Waals surface area contributed by atoms with Crippen LogP contribution in [0.15, 0.2) is 76.1 Å². The van der Waals surface area contributed by atoms with Gasteiger partial charge in [0.1, 0.15) is 0 Å². The molecule has 0 aliphatic carbocycles. The lowest BCUT2D eigenvalue weighted by molar-refractivity contribution is 0.601. The second-order valence-corrected chi connectivity index (χ2v) is 9.58. The highest BCUT2D eigenvalue weighted by Crippen LogP contribution is 2.32. The van der Waals surface area contributed by atoms with Crippen LogP contribution in [-0.4, -0.2) is 18.4 Å². The van der Waals surface area contributed by atoms with E-state index in [9.17, 15) is 8.42 Å². The van der Waals surface area contributed by atoms with E-state index in [1.54, 1.807) is 48.5 Å². The largest absolute Gasteiger partial charge is 0.336 e. The van der Waals surface area contributed by atoms with E-state index >= 15 is 0 Å². The molecule has 0 radical (unpaired) electrons. The summed E-state index contributed by atoms with van der Waals surface area (Å²) < 4.78 is 29.2. The third-order valence-electron chi connectivity index (χ3n) is 4.32. The van der Waals surface area contributed by atoms with E-state index in [0.717, 1.165) is 10.0 Å². The van der Waals surface area contributed by atoms with Gasteiger partial charge in [-0.1, -0.05) is 57.4 Å². The summed E-state index contributed by atoms with van der Waals surface area (Å²) in [5.41, 5.74) is 2.71. The molecule has 0 amide bonds. The predicted molar refractivity (Wildman–Crippen MR) is 124 cm³/mol. The van der Waals surface area contributed by atoms with Crippen molar-refractivity contribution in [3.8, 4) is 0 Å². The van der Waals surface area contributed by atoms with Crippen LogP contribution in [0.25, 0.3) is 11.0 Å². The number of hydrogen-bond donors (Lipinski definition) is 2. The Morgan fingerprint density at radius 1 is 0.900 bits per heavy atom. The van der Waals surface area contributed by atoms with Crippen LogP contribution in [0.4, 0.5) is 17.3 Å². The van der Waals surface area contributed by atoms with E-state index in [1.165, 1.54) is 0 Å². The Morgan fingerprint density at radius 3 is 2.17 bits per heavy atom. The Balaban J connectivity index is 1.79. The van der Waals surface area contributed by atoms with Gasteiger partial charge in [-0.2, -0.15) is 0 Å². The highest BCUT2D eigenvalue weighted by molar-refractivity contribution is 9.10. The number of anilines is 3. The number of halogens is 2. The van der Waals surface area contributed by atoms with Gasteiger partial charge in [-0.15, -0.1) is 0 Å². The maximum Gasteiger partial charge on any atom is 0.263 e. The molecule has 1 heterocycles. The van der Waals surface area contributed by atoms with E-state index < -0.39 is 10.0 Å². The van der Waals surface area contributed by atoms with E-state index in [1.807, 2.05) is 25.1 Å². The normalized spacial score (nSPS) is 11.4. The fourth-order valence-corrected chi connectivity index (χ4v) is 4.51. The first-order valence-corrected chi connectivity index (χ1v) is 11.6. The number of benzene rings is 3. The molecule has 0 fully saturated rings. The highest BCUT2D eigenvalue weighted by Gasteiger charge is 2.19. The van der Waals surface area contributed by atoms with Gasteiger partial charge in [0, 0.05) is 4.47 Å². The molecular formula is C21H16BrClN4O2S. The number of sulfonamides is 1. The molecule has 3 aromatic carbocycles. The second-order valence-electron chi connectivity index (χ2n) is 6.58. The summed E-state index contributed by atoms with van der Waals surface area (Å²) in [6.07, 6.45) is 0. The number of aromatic nitrogens is 2. The van der Waals surface area contributed by atoms with Crippen molar-refractivity contribution >= 4 is 65.9 Å². The summed E-state index contributed by atoms with van der Waals surface area (Å²) in [4.78, 5) is 9.17. The molecule has 2 N–H and O–H groups in total. The van der Waals surface area contributed by atoms with Crippen molar-refractivity contribution in [3.05, 3.63) is 81.8 Å². The third-order valence-corrected chi connectivity index (χ3v) is 6.48. The summed E-state index contributed by atoms with van der Waals surface area (Å²) in [5.74, 6) is 0.321. The molecule has 4 rings (SSSR count). The van der Waals surface area contributed by atoms with E-state index in [-0.39, 0.29) is 16.5 Å². The van der Waals surface area contributed by atoms with Crippen molar-refractivity contribution < 1.29 is 8.42 Å². The topological polar surface area (TPSA) is 84.0 Å². The lowest BCUT2D eigenvalue weighted by atomic mass is 10.2. The zero-order valence-electron chi connectivity index (χ0n) is 15.7. The van der Waals surface area contributed by atoms with Crippen LogP contribution in [0.1, 0.15) is 5.56 Å². The number of aryl methyl sites for hydroxylation is 1. The molecule has 0 saturated carbocycles. The second kappa shape index (κ2) is 8.22. The third kappa shape index (κ3) is 4.40. The average molecular weight is 504 g/mol. The molecule has 9 heteroatoms. The minimum absolute atomic E-state index is 0.0771. The summed E-state index contributed by atoms with van der Waals surface area (Å²) >= 11 is 9.68. The van der Waals surface area contributed by atoms with Crippen molar-refractivity contribution in [1.29, 1.82) is 0 Å². The molecular weight excluding hydrogens is 488 g/mol. The first-order valence-electron chi connectivity index (χ1n) is 8.90. The minimum atomic E-state index is -3.86. The SMILES string of the molecule is Cc1ccc(S(=O)(=O)Nc2nc3ccccc3nc2Nc2ccc(Br)cc2Cl)cc1. The summed E-state index contributed by atoms with van der Waals surface area (Å²) in [7, 11) is -3.86. The van der Waals surface area contributed by atoms with Crippen molar-refractivity contribution in [3.63, 3.8) is 0 Å². The number of para-hydroxylation sites is 2. The van der Waals surface area contributed by atoms with Gasteiger partial charge in [-0.3, -0.25) is 4.72 Å². The van der Waals surface area contributed by atoms with Crippen LogP contribution in [-0.2, 0) is 10.0 Å². The highest BCUT2D eigenvalue weighted by atomic mass is 79.9. The maximum atomic E-state index is 12.9. The van der Waals surface area contributed by atoms with Crippen molar-refractivity contribution in [1.82, 2.24) is 9.97 Å². The predicted octanol–water partition coefficient (Wildman–Crippen LogP) is 5.90. The molecule has 1 aromatic heterocycles. The minimum Gasteiger partial charge on any atom is -0.336 e. The molecule has 0 spiro atoms. The molecule has 0 unspecified atom stereocenters. The molecule has 6 nitrogen and oxygen atoms in total. The Hall–Kier alpha value is -2.68. The molecule has 152 valence electrons. The number of hydrogen-bond acceptors (Lipinski definition) is 5. The molecule has 0 aliphatic rings. The van der Waals surface area contributed by atoms with Gasteiger partial charge in [0.25, 0.3) is 10.0 Å². The molecule has 0 bridgehead atoms. The monoisotopic (exact) mass is 502 g/mol. The molecule has 30 heavy (non-hydrogen) atoms. The maximum absolute atomic E-state index is 12.9. The first-order chi connectivity index (χ1) is 14.3. The number of rotatable bonds is 5. The summed E-state index contributed by atoms with van der Waals surface area (Å²) in [6.45, 7) is 1.89. The van der Waals surface area contributed by atoms with Gasteiger partial charge in [0.2, 0.25) is 0 Å². The zero-order chi connectivity index (χ0) is 21.3. The smallest absolute Gasteiger partial charge is 0.263 e. The van der Waals surface area contributed by atoms with Crippen LogP contribution in [0.2, 0.25) is 5.02 Å². The Bertz CT molecular complexity index is 1350. The van der Waals surface area contributed by atoms with Gasteiger partial charge in [0.15, 0.2) is 11.6 Å². The van der Waals surface area contributed by atoms with Gasteiger partial charge < -0.3 is 5.32 Å². The van der Waals surface area contributed by atoms with Crippen LogP contribution < -0.4 is 10.0 Å². The Morgan fingerprint density at radius 2 is 1.53 bits per heavy atom. The molecule has 4 aromatic rings. The van der Waals surface area contributed by atoms with E-state index in [2.05, 4.69) is 35.9 Å². The number of nitrogens with one attached hydrogen (secondary N) is 2. The lowest BCUT2D eigenvalue weighted by Crippen LogP contribution is -2.16. The lowest BCUT2D eigenvalue weighted by Gasteiger charge is -2.15. The van der Waals surface area contributed by atoms with Crippen molar-refractivity contribution in [2.24, 2.45) is 0 Å². The van der Waals surface area contributed by atoms with Gasteiger partial charge in [-0.05, 0) is 49.4 Å². The zero-order valence-corrected chi connectivity index (χ0v) is 18.9. The van der Waals surface area contributed by atoms with E-state index in [4.69, 9.17) is 11.6 Å². The fraction of sp³-hybridized carbons (Fsp3) is 0.0476. The quantitative estimate of drug-likeness (QED) is 0.354. The van der Waals surface area contributed by atoms with Crippen LogP contribution in [0.5, 0.6) is 0 Å². The van der Waals surface area contributed by atoms with E-state index in [0.29, 0.717) is 21.7 Å². The van der Waals surface area contributed by atoms with Crippen LogP contribution in [0.3, 0.4) is 0 Å². The van der Waals surface area contributed by atoms with Crippen LogP contribution >= 0.6 is 27.5 Å². The summed E-state index contributed by atoms with van der Waals surface area (Å²) in [6, 6.07) is 19.1. The van der Waals surface area contributed by atoms with Gasteiger partial charge in [-0.25, -0.2) is 18.4 Å². The summed E-state index contributed by atoms with van der Waals surface area (Å²) in [5, 5.41) is 3.54. The van der Waals surface area contributed by atoms with Gasteiger partial charge in [0.05, 0.1) is 26.6 Å². The fourth-order valence-electron chi connectivity index (χ4n) is 2.78. The van der Waals surface area contributed by atoms with Gasteiger partial charge >= 0.3 is 0 Å². The average Bonchev–Trinajstić information content (AvgIpc) is 2.70. The molecule has 0 atom stereocenters. The number of nitrogens with zero attached hydrogens (tertiary/aromatic N) is 2. The number of fused-ring (bicyclic) bond motifs is 1. The molecule has 0 saturated heterocycles. The van der Waals surface area contributed by atoms with Crippen molar-refractivity contribution in [2.75, 3.05) is 10.0 Å². The van der Waals surface area contributed by atoms with Crippen molar-refractivity contribution in [2.45, 2.75) is 11.8 Å². The standard InChI is InChI=1S/C21H16BrClN4O2S/c1-13-6-9-15(10-7-13)30(28,29)27-21-20(24-17-11-8-14(22)12-16(17)23)25-18-4-2-3-5-19(18)26-21/h2-12H,1H3,(H,24,25)(H,26,27).